The second kappa shape index (κ2) is 10.4. The molecule has 7 nitrogen and oxygen atoms in total. The Kier molecular flexibility index (Phi) is 7.07. The highest BCUT2D eigenvalue weighted by molar-refractivity contribution is 5.87. The van der Waals surface area contributed by atoms with Crippen LogP contribution in [-0.2, 0) is 35.6 Å². The number of hydrogen-bond donors (Lipinski definition) is 2. The fraction of sp³-hybridized carbons (Fsp3) is 0.750. The van der Waals surface area contributed by atoms with Crippen molar-refractivity contribution in [3.8, 4) is 0 Å². The molecule has 0 bridgehead atoms. The van der Waals surface area contributed by atoms with E-state index in [1.54, 1.807) is 0 Å². The number of hydrogen-bond acceptors (Lipinski definition) is 6. The van der Waals surface area contributed by atoms with Gasteiger partial charge in [0.15, 0.2) is 6.29 Å². The standard InChI is InChI=1S/C44H61NO6/c1-23(2)19-32-49-35-28-22-43(28)31(48-37(35)40(8,9)50-32)16-17-41(10)42(11)25(15-18-44(41,43)47)21-26-33-24(3)20-27-34(39(6,7)51-38(27,4)5)30(46)14-12-13-29(33)45-36(26)42/h12-13,19,25,27-28,31-32,34-35,37,45,47H,3,14-18,20-22H2,1-2,4-11H3/b13-12-/t25?,27?,28-,31?,32+,34?,35+,37+,41-,42-,43+,44+/m1/s1. The molecule has 3 saturated heterocycles. The van der Waals surface area contributed by atoms with Crippen molar-refractivity contribution >= 4 is 17.4 Å². The SMILES string of the molecule is C=C1CC2C(C(=O)C/C=C\c3[nH]c4c(c31)CC1CC[C@]3(O)[C@](C)(CCC5O[C@H]6[C@@H](O[C@H](C=C(C)C)OC6(C)C)[C@H]6C[C@@]563)[C@@]41C)C(C)(C)OC2(C)C. The van der Waals surface area contributed by atoms with Gasteiger partial charge in [-0.05, 0) is 135 Å². The fourth-order valence-corrected chi connectivity index (χ4v) is 14.1. The number of rotatable bonds is 1. The Bertz CT molecular complexity index is 1780. The normalized spacial score (nSPS) is 48.8. The first kappa shape index (κ1) is 34.7. The summed E-state index contributed by atoms with van der Waals surface area (Å²) in [6, 6.07) is 0. The van der Waals surface area contributed by atoms with Crippen LogP contribution < -0.4 is 0 Å². The van der Waals surface area contributed by atoms with Crippen molar-refractivity contribution in [2.45, 2.75) is 173 Å². The van der Waals surface area contributed by atoms with Crippen molar-refractivity contribution in [3.05, 3.63) is 46.8 Å². The summed E-state index contributed by atoms with van der Waals surface area (Å²) in [5, 5.41) is 13.6. The predicted octanol–water partition coefficient (Wildman–Crippen LogP) is 8.24. The van der Waals surface area contributed by atoms with Gasteiger partial charge in [0.2, 0.25) is 0 Å². The molecule has 8 aliphatic rings. The first-order valence-electron chi connectivity index (χ1n) is 19.9. The van der Waals surface area contributed by atoms with E-state index in [-0.39, 0.29) is 58.1 Å². The number of ether oxygens (including phenoxy) is 4. The molecule has 1 aromatic rings. The molecule has 12 atom stereocenters. The van der Waals surface area contributed by atoms with Gasteiger partial charge in [0, 0.05) is 45.5 Å². The van der Waals surface area contributed by atoms with Gasteiger partial charge in [-0.25, -0.2) is 0 Å². The van der Waals surface area contributed by atoms with Crippen LogP contribution in [0.1, 0.15) is 137 Å². The highest BCUT2D eigenvalue weighted by Crippen LogP contribution is 2.81. The summed E-state index contributed by atoms with van der Waals surface area (Å²) in [5.74, 6) is 0.759. The Hall–Kier alpha value is -2.03. The third-order valence-electron chi connectivity index (χ3n) is 16.4. The summed E-state index contributed by atoms with van der Waals surface area (Å²) in [6.07, 6.45) is 12.2. The Labute approximate surface area is 305 Å². The van der Waals surface area contributed by atoms with Gasteiger partial charge < -0.3 is 29.0 Å². The molecule has 278 valence electrons. The number of carbonyl (C=O) groups excluding carboxylic acids is 1. The topological polar surface area (TPSA) is 90.0 Å². The molecule has 0 radical (unpaired) electrons. The molecule has 4 heterocycles. The lowest BCUT2D eigenvalue weighted by Gasteiger charge is -2.68. The Balaban J connectivity index is 1.10. The number of allylic oxidation sites excluding steroid dienone is 3. The van der Waals surface area contributed by atoms with Crippen LogP contribution in [0.5, 0.6) is 0 Å². The maximum atomic E-state index is 13.8. The van der Waals surface area contributed by atoms with E-state index in [9.17, 15) is 9.90 Å². The minimum Gasteiger partial charge on any atom is -0.389 e. The lowest BCUT2D eigenvalue weighted by Crippen LogP contribution is -2.74. The van der Waals surface area contributed by atoms with E-state index in [0.29, 0.717) is 12.3 Å². The second-order valence-corrected chi connectivity index (χ2v) is 20.2. The second-order valence-electron chi connectivity index (χ2n) is 20.2. The van der Waals surface area contributed by atoms with Crippen LogP contribution in [0.25, 0.3) is 11.6 Å². The van der Waals surface area contributed by atoms with Crippen LogP contribution in [0.3, 0.4) is 0 Å². The minimum atomic E-state index is -0.902. The third-order valence-corrected chi connectivity index (χ3v) is 16.4. The molecule has 5 aliphatic carbocycles. The van der Waals surface area contributed by atoms with E-state index >= 15 is 0 Å². The molecular formula is C44H61NO6. The number of aromatic nitrogens is 1. The number of ketones is 1. The minimum absolute atomic E-state index is 0.0138. The van der Waals surface area contributed by atoms with E-state index in [1.165, 1.54) is 22.4 Å². The molecule has 1 aromatic heterocycles. The number of aliphatic hydroxyl groups is 1. The van der Waals surface area contributed by atoms with Gasteiger partial charge in [-0.2, -0.15) is 0 Å². The summed E-state index contributed by atoms with van der Waals surface area (Å²) in [7, 11) is 0. The first-order chi connectivity index (χ1) is 23.7. The monoisotopic (exact) mass is 699 g/mol. The first-order valence-corrected chi connectivity index (χ1v) is 19.9. The average Bonchev–Trinajstić information content (AvgIpc) is 3.52. The molecule has 3 aliphatic heterocycles. The molecule has 1 spiro atoms. The van der Waals surface area contributed by atoms with Crippen LogP contribution in [-0.4, -0.2) is 62.9 Å². The average molecular weight is 700 g/mol. The molecule has 51 heavy (non-hydrogen) atoms. The summed E-state index contributed by atoms with van der Waals surface area (Å²) in [4.78, 5) is 17.7. The van der Waals surface area contributed by atoms with Crippen LogP contribution in [0.2, 0.25) is 0 Å². The van der Waals surface area contributed by atoms with E-state index in [2.05, 4.69) is 92.4 Å². The molecule has 0 amide bonds. The van der Waals surface area contributed by atoms with Crippen molar-refractivity contribution in [1.29, 1.82) is 0 Å². The third kappa shape index (κ3) is 4.22. The number of carbonyl (C=O) groups is 1. The molecule has 0 aromatic carbocycles. The van der Waals surface area contributed by atoms with Crippen LogP contribution in [0, 0.1) is 34.5 Å². The van der Waals surface area contributed by atoms with Gasteiger partial charge in [0.1, 0.15) is 11.9 Å². The van der Waals surface area contributed by atoms with Crippen LogP contribution in [0.4, 0.5) is 0 Å². The molecule has 6 fully saturated rings. The van der Waals surface area contributed by atoms with Crippen molar-refractivity contribution in [2.75, 3.05) is 0 Å². The predicted molar refractivity (Wildman–Crippen MR) is 198 cm³/mol. The van der Waals surface area contributed by atoms with E-state index in [0.717, 1.165) is 56.2 Å². The molecule has 3 saturated carbocycles. The summed E-state index contributed by atoms with van der Waals surface area (Å²) in [5.41, 5.74) is 3.89. The highest BCUT2D eigenvalue weighted by atomic mass is 16.7. The van der Waals surface area contributed by atoms with Crippen molar-refractivity contribution in [3.63, 3.8) is 0 Å². The van der Waals surface area contributed by atoms with Gasteiger partial charge >= 0.3 is 0 Å². The van der Waals surface area contributed by atoms with Gasteiger partial charge in [0.25, 0.3) is 0 Å². The maximum Gasteiger partial charge on any atom is 0.178 e. The van der Waals surface area contributed by atoms with Crippen molar-refractivity contribution in [1.82, 2.24) is 4.98 Å². The number of H-pyrrole nitrogens is 1. The Morgan fingerprint density at radius 2 is 1.71 bits per heavy atom. The lowest BCUT2D eigenvalue weighted by atomic mass is 9.40. The summed E-state index contributed by atoms with van der Waals surface area (Å²) >= 11 is 0. The van der Waals surface area contributed by atoms with Gasteiger partial charge in [-0.3, -0.25) is 4.79 Å². The van der Waals surface area contributed by atoms with E-state index in [1.807, 2.05) is 0 Å². The molecular weight excluding hydrogens is 638 g/mol. The lowest BCUT2D eigenvalue weighted by molar-refractivity contribution is -0.361. The number of aromatic amines is 1. The zero-order valence-corrected chi connectivity index (χ0v) is 32.7. The highest BCUT2D eigenvalue weighted by Gasteiger charge is 2.85. The van der Waals surface area contributed by atoms with Crippen molar-refractivity contribution in [2.24, 2.45) is 34.5 Å². The van der Waals surface area contributed by atoms with E-state index in [4.69, 9.17) is 25.5 Å². The number of Topliss-reactive ketones (excluding diaryl/α,β-unsaturated/α-hetero) is 1. The van der Waals surface area contributed by atoms with Crippen LogP contribution in [0.15, 0.2) is 24.3 Å². The largest absolute Gasteiger partial charge is 0.389 e. The quantitative estimate of drug-likeness (QED) is 0.287. The van der Waals surface area contributed by atoms with E-state index < -0.39 is 28.7 Å². The van der Waals surface area contributed by atoms with Crippen molar-refractivity contribution < 1.29 is 28.8 Å². The smallest absolute Gasteiger partial charge is 0.178 e. The van der Waals surface area contributed by atoms with Crippen LogP contribution >= 0.6 is 0 Å². The van der Waals surface area contributed by atoms with Gasteiger partial charge in [0.05, 0.1) is 40.5 Å². The molecule has 2 N–H and O–H groups in total. The number of fused-ring (bicyclic) bond motifs is 10. The summed E-state index contributed by atoms with van der Waals surface area (Å²) < 4.78 is 26.9. The molecule has 7 heteroatoms. The molecule has 9 rings (SSSR count). The Morgan fingerprint density at radius 3 is 2.43 bits per heavy atom. The zero-order chi connectivity index (χ0) is 36.5. The van der Waals surface area contributed by atoms with Gasteiger partial charge in [-0.1, -0.05) is 32.1 Å². The maximum absolute atomic E-state index is 13.8. The van der Waals surface area contributed by atoms with Gasteiger partial charge in [-0.15, -0.1) is 0 Å². The molecule has 4 unspecified atom stereocenters. The zero-order valence-electron chi connectivity index (χ0n) is 32.7. The summed E-state index contributed by atoms with van der Waals surface area (Å²) in [6.45, 7) is 26.5. The fourth-order valence-electron chi connectivity index (χ4n) is 14.1. The number of nitrogens with one attached hydrogen (secondary N) is 1. The Morgan fingerprint density at radius 1 is 0.961 bits per heavy atom.